The van der Waals surface area contributed by atoms with E-state index in [2.05, 4.69) is 5.10 Å². The van der Waals surface area contributed by atoms with Gasteiger partial charge in [0.2, 0.25) is 0 Å². The van der Waals surface area contributed by atoms with E-state index in [1.165, 1.54) is 4.68 Å². The quantitative estimate of drug-likeness (QED) is 0.922. The molecular weight excluding hydrogens is 285 g/mol. The van der Waals surface area contributed by atoms with E-state index in [4.69, 9.17) is 0 Å². The van der Waals surface area contributed by atoms with Crippen molar-refractivity contribution in [2.45, 2.75) is 51.2 Å². The predicted octanol–water partition coefficient (Wildman–Crippen LogP) is 3.74. The molecule has 0 aromatic carbocycles. The molecule has 4 nitrogen and oxygen atoms in total. The van der Waals surface area contributed by atoms with Crippen molar-refractivity contribution in [3.63, 3.8) is 0 Å². The standard InChI is InChI=1S/C14H19F3N2O2/c1-2-3-9-4-5-11(13(20)21)12(6-9)19-8-10(7-18-19)14(15,16)17/h7-9,11-12H,2-6H2,1H3,(H,20,21). The van der Waals surface area contributed by atoms with Gasteiger partial charge in [0.15, 0.2) is 0 Å². The van der Waals surface area contributed by atoms with E-state index in [0.717, 1.165) is 31.7 Å². The first-order valence-electron chi connectivity index (χ1n) is 7.17. The summed E-state index contributed by atoms with van der Waals surface area (Å²) in [7, 11) is 0. The molecule has 1 saturated carbocycles. The second kappa shape index (κ2) is 6.07. The number of hydrogen-bond donors (Lipinski definition) is 1. The van der Waals surface area contributed by atoms with E-state index in [1.807, 2.05) is 6.92 Å². The highest BCUT2D eigenvalue weighted by molar-refractivity contribution is 5.70. The molecule has 1 aliphatic carbocycles. The summed E-state index contributed by atoms with van der Waals surface area (Å²) in [4.78, 5) is 11.3. The summed E-state index contributed by atoms with van der Waals surface area (Å²) in [6, 6.07) is -0.496. The molecule has 0 aliphatic heterocycles. The number of carbonyl (C=O) groups is 1. The van der Waals surface area contributed by atoms with Crippen molar-refractivity contribution >= 4 is 5.97 Å². The van der Waals surface area contributed by atoms with Crippen molar-refractivity contribution in [3.05, 3.63) is 18.0 Å². The molecular formula is C14H19F3N2O2. The summed E-state index contributed by atoms with van der Waals surface area (Å²) < 4.78 is 39.2. The second-order valence-electron chi connectivity index (χ2n) is 5.69. The smallest absolute Gasteiger partial charge is 0.419 e. The van der Waals surface area contributed by atoms with Crippen LogP contribution in [-0.4, -0.2) is 20.9 Å². The highest BCUT2D eigenvalue weighted by Gasteiger charge is 2.38. The lowest BCUT2D eigenvalue weighted by Gasteiger charge is -2.34. The summed E-state index contributed by atoms with van der Waals surface area (Å²) >= 11 is 0. The van der Waals surface area contributed by atoms with Gasteiger partial charge < -0.3 is 5.11 Å². The minimum atomic E-state index is -4.45. The Morgan fingerprint density at radius 1 is 1.48 bits per heavy atom. The Kier molecular flexibility index (Phi) is 4.58. The molecule has 1 aliphatic rings. The molecule has 7 heteroatoms. The van der Waals surface area contributed by atoms with Crippen molar-refractivity contribution in [1.82, 2.24) is 9.78 Å². The van der Waals surface area contributed by atoms with E-state index in [1.54, 1.807) is 0 Å². The summed E-state index contributed by atoms with van der Waals surface area (Å²) in [5.74, 6) is -1.27. The number of nitrogens with zero attached hydrogens (tertiary/aromatic N) is 2. The van der Waals surface area contributed by atoms with Crippen LogP contribution in [-0.2, 0) is 11.0 Å². The molecule has 21 heavy (non-hydrogen) atoms. The van der Waals surface area contributed by atoms with Crippen molar-refractivity contribution < 1.29 is 23.1 Å². The van der Waals surface area contributed by atoms with Crippen LogP contribution in [0.4, 0.5) is 13.2 Å². The molecule has 1 N–H and O–H groups in total. The maximum atomic E-state index is 12.7. The zero-order chi connectivity index (χ0) is 15.6. The zero-order valence-corrected chi connectivity index (χ0v) is 11.8. The van der Waals surface area contributed by atoms with Crippen LogP contribution in [0, 0.1) is 11.8 Å². The minimum absolute atomic E-state index is 0.356. The molecule has 1 heterocycles. The first-order valence-corrected chi connectivity index (χ1v) is 7.17. The number of carboxylic acid groups (broad SMARTS) is 1. The Morgan fingerprint density at radius 3 is 2.71 bits per heavy atom. The number of halogens is 3. The van der Waals surface area contributed by atoms with Gasteiger partial charge in [-0.25, -0.2) is 0 Å². The van der Waals surface area contributed by atoms with Gasteiger partial charge >= 0.3 is 12.1 Å². The van der Waals surface area contributed by atoms with E-state index < -0.39 is 29.7 Å². The van der Waals surface area contributed by atoms with E-state index in [0.29, 0.717) is 18.8 Å². The van der Waals surface area contributed by atoms with Gasteiger partial charge in [-0.05, 0) is 25.2 Å². The van der Waals surface area contributed by atoms with Crippen LogP contribution >= 0.6 is 0 Å². The molecule has 0 spiro atoms. The number of alkyl halides is 3. The third-order valence-electron chi connectivity index (χ3n) is 4.21. The first-order chi connectivity index (χ1) is 9.82. The molecule has 0 bridgehead atoms. The number of carboxylic acids is 1. The fraction of sp³-hybridized carbons (Fsp3) is 0.714. The van der Waals surface area contributed by atoms with Crippen LogP contribution in [0.5, 0.6) is 0 Å². The fourth-order valence-corrected chi connectivity index (χ4v) is 3.15. The van der Waals surface area contributed by atoms with E-state index in [9.17, 15) is 23.1 Å². The zero-order valence-electron chi connectivity index (χ0n) is 11.8. The van der Waals surface area contributed by atoms with Crippen LogP contribution in [0.25, 0.3) is 0 Å². The normalized spacial score (nSPS) is 26.8. The summed E-state index contributed by atoms with van der Waals surface area (Å²) in [6.45, 7) is 2.05. The van der Waals surface area contributed by atoms with Gasteiger partial charge in [0.25, 0.3) is 0 Å². The van der Waals surface area contributed by atoms with Gasteiger partial charge in [0, 0.05) is 6.20 Å². The lowest BCUT2D eigenvalue weighted by molar-refractivity contribution is -0.145. The molecule has 0 amide bonds. The summed E-state index contributed by atoms with van der Waals surface area (Å²) in [5, 5.41) is 13.1. The number of aromatic nitrogens is 2. The van der Waals surface area contributed by atoms with Crippen LogP contribution in [0.3, 0.4) is 0 Å². The molecule has 1 fully saturated rings. The van der Waals surface area contributed by atoms with Crippen molar-refractivity contribution in [1.29, 1.82) is 0 Å². The fourth-order valence-electron chi connectivity index (χ4n) is 3.15. The van der Waals surface area contributed by atoms with Gasteiger partial charge in [-0.15, -0.1) is 0 Å². The van der Waals surface area contributed by atoms with Crippen LogP contribution in [0.2, 0.25) is 0 Å². The van der Waals surface area contributed by atoms with Gasteiger partial charge in [0.1, 0.15) is 0 Å². The summed E-state index contributed by atoms with van der Waals surface area (Å²) in [5.41, 5.74) is -0.829. The molecule has 0 radical (unpaired) electrons. The van der Waals surface area contributed by atoms with Gasteiger partial charge in [-0.3, -0.25) is 9.48 Å². The molecule has 3 unspecified atom stereocenters. The SMILES string of the molecule is CCCC1CCC(C(=O)O)C(n2cc(C(F)(F)F)cn2)C1. The maximum absolute atomic E-state index is 12.7. The Bertz CT molecular complexity index is 499. The average Bonchev–Trinajstić information content (AvgIpc) is 2.88. The molecule has 3 atom stereocenters. The molecule has 2 rings (SSSR count). The van der Waals surface area contributed by atoms with Crippen LogP contribution in [0.1, 0.15) is 50.6 Å². The van der Waals surface area contributed by atoms with Crippen LogP contribution < -0.4 is 0 Å². The highest BCUT2D eigenvalue weighted by Crippen LogP contribution is 2.40. The van der Waals surface area contributed by atoms with Gasteiger partial charge in [-0.2, -0.15) is 18.3 Å². The van der Waals surface area contributed by atoms with Crippen molar-refractivity contribution in [3.8, 4) is 0 Å². The highest BCUT2D eigenvalue weighted by atomic mass is 19.4. The van der Waals surface area contributed by atoms with E-state index in [-0.39, 0.29) is 0 Å². The monoisotopic (exact) mass is 304 g/mol. The van der Waals surface area contributed by atoms with Crippen LogP contribution in [0.15, 0.2) is 12.4 Å². The van der Waals surface area contributed by atoms with Gasteiger partial charge in [-0.1, -0.05) is 19.8 Å². The molecule has 1 aromatic rings. The molecule has 118 valence electrons. The van der Waals surface area contributed by atoms with E-state index >= 15 is 0 Å². The molecule has 1 aromatic heterocycles. The Balaban J connectivity index is 2.23. The lowest BCUT2D eigenvalue weighted by Crippen LogP contribution is -2.33. The Hall–Kier alpha value is -1.53. The van der Waals surface area contributed by atoms with Crippen molar-refractivity contribution in [2.75, 3.05) is 0 Å². The second-order valence-corrected chi connectivity index (χ2v) is 5.69. The number of rotatable bonds is 4. The third kappa shape index (κ3) is 3.57. The first kappa shape index (κ1) is 15.9. The average molecular weight is 304 g/mol. The topological polar surface area (TPSA) is 55.1 Å². The maximum Gasteiger partial charge on any atom is 0.419 e. The molecule has 0 saturated heterocycles. The largest absolute Gasteiger partial charge is 0.481 e. The lowest BCUT2D eigenvalue weighted by atomic mass is 9.76. The summed E-state index contributed by atoms with van der Waals surface area (Å²) in [6.07, 6.45) is 1.08. The number of aliphatic carboxylic acids is 1. The number of hydrogen-bond acceptors (Lipinski definition) is 2. The minimum Gasteiger partial charge on any atom is -0.481 e. The Labute approximate surface area is 120 Å². The van der Waals surface area contributed by atoms with Gasteiger partial charge in [0.05, 0.1) is 23.7 Å². The predicted molar refractivity (Wildman–Crippen MR) is 69.6 cm³/mol. The third-order valence-corrected chi connectivity index (χ3v) is 4.21. The van der Waals surface area contributed by atoms with Crippen molar-refractivity contribution in [2.24, 2.45) is 11.8 Å². The Morgan fingerprint density at radius 2 is 2.19 bits per heavy atom.